The molecule has 1 amide bonds. The van der Waals surface area contributed by atoms with Gasteiger partial charge in [-0.3, -0.25) is 4.79 Å². The van der Waals surface area contributed by atoms with Gasteiger partial charge in [0.25, 0.3) is 5.91 Å². The molecule has 1 aromatic carbocycles. The van der Waals surface area contributed by atoms with Crippen LogP contribution in [0.5, 0.6) is 0 Å². The number of amides is 1. The van der Waals surface area contributed by atoms with Crippen molar-refractivity contribution in [3.63, 3.8) is 0 Å². The van der Waals surface area contributed by atoms with Gasteiger partial charge in [0.2, 0.25) is 0 Å². The third kappa shape index (κ3) is 3.76. The number of hydrogen-bond acceptors (Lipinski definition) is 4. The molecule has 0 fully saturated rings. The highest BCUT2D eigenvalue weighted by Crippen LogP contribution is 2.05. The number of nitriles is 1. The minimum Gasteiger partial charge on any atom is -0.478 e. The first-order chi connectivity index (χ1) is 8.15. The Kier molecular flexibility index (Phi) is 4.39. The summed E-state index contributed by atoms with van der Waals surface area (Å²) in [5.74, 6) is -1.62. The molecule has 0 aliphatic rings. The third-order valence-electron chi connectivity index (χ3n) is 1.82. The van der Waals surface area contributed by atoms with Crippen molar-refractivity contribution in [3.8, 4) is 6.07 Å². The topological polar surface area (TPSA) is 103 Å². The summed E-state index contributed by atoms with van der Waals surface area (Å²) >= 11 is 0. The molecule has 0 radical (unpaired) electrons. The summed E-state index contributed by atoms with van der Waals surface area (Å²) in [6, 6.07) is 7.91. The second-order valence-electron chi connectivity index (χ2n) is 3.02. The van der Waals surface area contributed by atoms with Gasteiger partial charge in [-0.2, -0.15) is 10.4 Å². The van der Waals surface area contributed by atoms with Gasteiger partial charge in [0.1, 0.15) is 6.42 Å². The molecular weight excluding hydrogens is 222 g/mol. The zero-order valence-corrected chi connectivity index (χ0v) is 8.75. The number of carbonyl (C=O) groups excluding carboxylic acids is 1. The number of nitrogens with zero attached hydrogens (tertiary/aromatic N) is 2. The molecule has 0 saturated heterocycles. The molecule has 86 valence electrons. The lowest BCUT2D eigenvalue weighted by atomic mass is 10.1. The van der Waals surface area contributed by atoms with Crippen molar-refractivity contribution >= 4 is 18.1 Å². The Morgan fingerprint density at radius 3 is 2.82 bits per heavy atom. The summed E-state index contributed by atoms with van der Waals surface area (Å²) in [5.41, 5.74) is 2.57. The zero-order chi connectivity index (χ0) is 12.7. The van der Waals surface area contributed by atoms with E-state index < -0.39 is 11.9 Å². The predicted octanol–water partition coefficient (Wildman–Crippen LogP) is 0.749. The number of aromatic carboxylic acids is 1. The molecule has 0 saturated carbocycles. The average Bonchev–Trinajstić information content (AvgIpc) is 2.30. The van der Waals surface area contributed by atoms with Gasteiger partial charge in [-0.1, -0.05) is 18.2 Å². The van der Waals surface area contributed by atoms with Crippen LogP contribution in [0.1, 0.15) is 22.3 Å². The number of hydrogen-bond donors (Lipinski definition) is 2. The number of hydrazone groups is 1. The van der Waals surface area contributed by atoms with E-state index in [9.17, 15) is 9.59 Å². The molecule has 6 nitrogen and oxygen atoms in total. The van der Waals surface area contributed by atoms with Crippen LogP contribution >= 0.6 is 0 Å². The SMILES string of the molecule is N#CCC(=O)N/N=C/c1ccccc1C(=O)O. The minimum absolute atomic E-state index is 0.0887. The number of nitrogens with one attached hydrogen (secondary N) is 1. The second kappa shape index (κ2) is 6.02. The van der Waals surface area contributed by atoms with Crippen molar-refractivity contribution in [2.24, 2.45) is 5.10 Å². The molecule has 0 spiro atoms. The zero-order valence-electron chi connectivity index (χ0n) is 8.75. The molecule has 0 aromatic heterocycles. The molecule has 0 unspecified atom stereocenters. The Morgan fingerprint density at radius 2 is 2.18 bits per heavy atom. The van der Waals surface area contributed by atoms with Crippen molar-refractivity contribution in [2.45, 2.75) is 6.42 Å². The maximum absolute atomic E-state index is 10.9. The molecule has 0 aliphatic carbocycles. The molecule has 1 aromatic rings. The van der Waals surface area contributed by atoms with Crippen molar-refractivity contribution in [1.29, 1.82) is 5.26 Å². The van der Waals surface area contributed by atoms with Crippen molar-refractivity contribution < 1.29 is 14.7 Å². The smallest absolute Gasteiger partial charge is 0.336 e. The molecule has 0 aliphatic heterocycles. The number of rotatable bonds is 4. The maximum Gasteiger partial charge on any atom is 0.336 e. The normalized spacial score (nSPS) is 9.82. The summed E-state index contributed by atoms with van der Waals surface area (Å²) in [7, 11) is 0. The Hall–Kier alpha value is -2.68. The van der Waals surface area contributed by atoms with E-state index in [0.29, 0.717) is 5.56 Å². The summed E-state index contributed by atoms with van der Waals surface area (Å²) in [6.07, 6.45) is 0.927. The van der Waals surface area contributed by atoms with Crippen LogP contribution < -0.4 is 5.43 Å². The van der Waals surface area contributed by atoms with E-state index in [1.165, 1.54) is 12.3 Å². The highest BCUT2D eigenvalue weighted by Gasteiger charge is 2.06. The first-order valence-corrected chi connectivity index (χ1v) is 4.66. The lowest BCUT2D eigenvalue weighted by Crippen LogP contribution is -2.16. The summed E-state index contributed by atoms with van der Waals surface area (Å²) in [5, 5.41) is 20.7. The maximum atomic E-state index is 10.9. The van der Waals surface area contributed by atoms with Gasteiger partial charge in [-0.15, -0.1) is 0 Å². The lowest BCUT2D eigenvalue weighted by Gasteiger charge is -1.99. The molecular formula is C11H9N3O3. The Bertz CT molecular complexity index is 503. The summed E-state index contributed by atoms with van der Waals surface area (Å²) in [4.78, 5) is 21.7. The number of carbonyl (C=O) groups is 2. The summed E-state index contributed by atoms with van der Waals surface area (Å²) in [6.45, 7) is 0. The highest BCUT2D eigenvalue weighted by molar-refractivity contribution is 5.98. The number of benzene rings is 1. The van der Waals surface area contributed by atoms with E-state index in [2.05, 4.69) is 10.5 Å². The van der Waals surface area contributed by atoms with Crippen molar-refractivity contribution in [1.82, 2.24) is 5.43 Å². The Balaban J connectivity index is 2.75. The van der Waals surface area contributed by atoms with Crippen LogP contribution in [-0.2, 0) is 4.79 Å². The van der Waals surface area contributed by atoms with Gasteiger partial charge in [-0.25, -0.2) is 10.2 Å². The molecule has 2 N–H and O–H groups in total. The van der Waals surface area contributed by atoms with Crippen LogP contribution in [0.3, 0.4) is 0 Å². The van der Waals surface area contributed by atoms with Gasteiger partial charge in [0, 0.05) is 5.56 Å². The molecule has 1 rings (SSSR count). The Morgan fingerprint density at radius 1 is 1.47 bits per heavy atom. The predicted molar refractivity (Wildman–Crippen MR) is 59.4 cm³/mol. The fourth-order valence-corrected chi connectivity index (χ4v) is 1.09. The van der Waals surface area contributed by atoms with Gasteiger partial charge in [-0.05, 0) is 6.07 Å². The van der Waals surface area contributed by atoms with Gasteiger partial charge < -0.3 is 5.11 Å². The summed E-state index contributed by atoms with van der Waals surface area (Å²) < 4.78 is 0. The van der Waals surface area contributed by atoms with Crippen LogP contribution in [0, 0.1) is 11.3 Å². The monoisotopic (exact) mass is 231 g/mol. The van der Waals surface area contributed by atoms with Crippen LogP contribution in [0.4, 0.5) is 0 Å². The van der Waals surface area contributed by atoms with Crippen LogP contribution in [-0.4, -0.2) is 23.2 Å². The average molecular weight is 231 g/mol. The van der Waals surface area contributed by atoms with E-state index in [-0.39, 0.29) is 12.0 Å². The van der Waals surface area contributed by atoms with Gasteiger partial charge in [0.15, 0.2) is 0 Å². The number of carboxylic acids is 1. The van der Waals surface area contributed by atoms with Crippen LogP contribution in [0.2, 0.25) is 0 Å². The fraction of sp³-hybridized carbons (Fsp3) is 0.0909. The quantitative estimate of drug-likeness (QED) is 0.589. The molecule has 17 heavy (non-hydrogen) atoms. The van der Waals surface area contributed by atoms with Gasteiger partial charge >= 0.3 is 5.97 Å². The first-order valence-electron chi connectivity index (χ1n) is 4.66. The number of carboxylic acid groups (broad SMARTS) is 1. The minimum atomic E-state index is -1.07. The Labute approximate surface area is 97.2 Å². The van der Waals surface area contributed by atoms with E-state index in [4.69, 9.17) is 10.4 Å². The first kappa shape index (κ1) is 12.4. The van der Waals surface area contributed by atoms with Crippen LogP contribution in [0.25, 0.3) is 0 Å². The molecule has 0 bridgehead atoms. The van der Waals surface area contributed by atoms with E-state index in [0.717, 1.165) is 0 Å². The standard InChI is InChI=1S/C11H9N3O3/c12-6-5-10(15)14-13-7-8-3-1-2-4-9(8)11(16)17/h1-4,7H,5H2,(H,14,15)(H,16,17)/b13-7+. The van der Waals surface area contributed by atoms with Crippen molar-refractivity contribution in [2.75, 3.05) is 0 Å². The second-order valence-corrected chi connectivity index (χ2v) is 3.02. The third-order valence-corrected chi connectivity index (χ3v) is 1.82. The van der Waals surface area contributed by atoms with Crippen molar-refractivity contribution in [3.05, 3.63) is 35.4 Å². The molecule has 0 atom stereocenters. The van der Waals surface area contributed by atoms with E-state index in [1.807, 2.05) is 0 Å². The van der Waals surface area contributed by atoms with E-state index in [1.54, 1.807) is 24.3 Å². The fourth-order valence-electron chi connectivity index (χ4n) is 1.09. The highest BCUT2D eigenvalue weighted by atomic mass is 16.4. The lowest BCUT2D eigenvalue weighted by molar-refractivity contribution is -0.120. The molecule has 6 heteroatoms. The van der Waals surface area contributed by atoms with Gasteiger partial charge in [0.05, 0.1) is 17.8 Å². The van der Waals surface area contributed by atoms with Crippen LogP contribution in [0.15, 0.2) is 29.4 Å². The van der Waals surface area contributed by atoms with E-state index >= 15 is 0 Å². The molecule has 0 heterocycles. The largest absolute Gasteiger partial charge is 0.478 e.